The highest BCUT2D eigenvalue weighted by molar-refractivity contribution is 6.10. The van der Waals surface area contributed by atoms with E-state index in [1.54, 1.807) is 30.6 Å². The lowest BCUT2D eigenvalue weighted by Gasteiger charge is -2.31. The molecule has 0 radical (unpaired) electrons. The quantitative estimate of drug-likeness (QED) is 0.684. The minimum absolute atomic E-state index is 0.0672. The molecule has 2 aromatic rings. The zero-order chi connectivity index (χ0) is 15.8. The normalized spacial score (nSPS) is 17.3. The van der Waals surface area contributed by atoms with Gasteiger partial charge in [0.2, 0.25) is 0 Å². The van der Waals surface area contributed by atoms with E-state index in [0.717, 1.165) is 36.0 Å². The van der Waals surface area contributed by atoms with Gasteiger partial charge in [0.25, 0.3) is 0 Å². The highest BCUT2D eigenvalue weighted by atomic mass is 16.1. The van der Waals surface area contributed by atoms with Crippen LogP contribution in [0.1, 0.15) is 21.5 Å². The van der Waals surface area contributed by atoms with Crippen molar-refractivity contribution in [2.45, 2.75) is 6.92 Å². The number of aliphatic imine (C=N–C) groups is 1. The maximum Gasteiger partial charge on any atom is 0.191 e. The van der Waals surface area contributed by atoms with Crippen LogP contribution in [0.25, 0.3) is 0 Å². The van der Waals surface area contributed by atoms with Gasteiger partial charge in [0.1, 0.15) is 11.7 Å². The van der Waals surface area contributed by atoms with Crippen LogP contribution in [0.15, 0.2) is 59.6 Å². The van der Waals surface area contributed by atoms with Crippen LogP contribution in [-0.4, -0.2) is 34.6 Å². The van der Waals surface area contributed by atoms with Gasteiger partial charge in [-0.05, 0) is 31.2 Å². The van der Waals surface area contributed by atoms with Crippen molar-refractivity contribution in [3.63, 3.8) is 0 Å². The summed E-state index contributed by atoms with van der Waals surface area (Å²) in [4.78, 5) is 23.1. The second-order valence-corrected chi connectivity index (χ2v) is 5.67. The monoisotopic (exact) mass is 304 g/mol. The number of ketones is 1. The Hall–Kier alpha value is -2.95. The molecule has 3 heterocycles. The topological polar surface area (TPSA) is 57.6 Å². The van der Waals surface area contributed by atoms with Gasteiger partial charge < -0.3 is 10.2 Å². The molecule has 0 unspecified atom stereocenters. The molecule has 0 aliphatic carbocycles. The van der Waals surface area contributed by atoms with Crippen molar-refractivity contribution >= 4 is 17.3 Å². The first-order valence-electron chi connectivity index (χ1n) is 7.58. The Balaban J connectivity index is 1.74. The van der Waals surface area contributed by atoms with Crippen molar-refractivity contribution in [3.05, 3.63) is 71.3 Å². The molecular weight excluding hydrogens is 288 g/mol. The Morgan fingerprint density at radius 1 is 1.35 bits per heavy atom. The third-order valence-corrected chi connectivity index (χ3v) is 4.02. The molecule has 0 saturated heterocycles. The molecule has 2 aliphatic heterocycles. The largest absolute Gasteiger partial charge is 0.341 e. The molecule has 2 aliphatic rings. The van der Waals surface area contributed by atoms with Crippen LogP contribution in [0, 0.1) is 6.92 Å². The number of pyridine rings is 1. The van der Waals surface area contributed by atoms with Gasteiger partial charge in [-0.25, -0.2) is 0 Å². The van der Waals surface area contributed by atoms with Crippen molar-refractivity contribution in [2.24, 2.45) is 4.99 Å². The maximum atomic E-state index is 12.4. The fourth-order valence-electron chi connectivity index (χ4n) is 2.90. The lowest BCUT2D eigenvalue weighted by molar-refractivity contribution is 0.104. The summed E-state index contributed by atoms with van der Waals surface area (Å²) >= 11 is 0. The fraction of sp³-hybridized carbons (Fsp3) is 0.167. The Morgan fingerprint density at radius 3 is 3.09 bits per heavy atom. The van der Waals surface area contributed by atoms with E-state index in [4.69, 9.17) is 0 Å². The standard InChI is InChI=1S/C18H16N4O/c1-12-4-5-15-14(9-12)18-20-7-8-22(18)17(21-15)10-16(23)13-3-2-6-19-11-13/h2-6,9-11,21H,7-8H2,1H3. The predicted molar refractivity (Wildman–Crippen MR) is 89.6 cm³/mol. The van der Waals surface area contributed by atoms with Gasteiger partial charge in [-0.15, -0.1) is 0 Å². The first-order chi connectivity index (χ1) is 11.2. The van der Waals surface area contributed by atoms with Crippen molar-refractivity contribution < 1.29 is 4.79 Å². The van der Waals surface area contributed by atoms with Crippen LogP contribution in [0.4, 0.5) is 5.69 Å². The molecule has 0 saturated carbocycles. The van der Waals surface area contributed by atoms with Gasteiger partial charge in [-0.2, -0.15) is 0 Å². The zero-order valence-electron chi connectivity index (χ0n) is 12.8. The van der Waals surface area contributed by atoms with E-state index in [-0.39, 0.29) is 5.78 Å². The number of anilines is 1. The molecule has 0 fully saturated rings. The highest BCUT2D eigenvalue weighted by Crippen LogP contribution is 2.30. The highest BCUT2D eigenvalue weighted by Gasteiger charge is 2.29. The first kappa shape index (κ1) is 13.7. The number of benzene rings is 1. The van der Waals surface area contributed by atoms with E-state index in [1.807, 2.05) is 6.07 Å². The molecule has 5 nitrogen and oxygen atoms in total. The zero-order valence-corrected chi connectivity index (χ0v) is 12.8. The van der Waals surface area contributed by atoms with Gasteiger partial charge in [0, 0.05) is 36.1 Å². The smallest absolute Gasteiger partial charge is 0.191 e. The van der Waals surface area contributed by atoms with E-state index in [0.29, 0.717) is 5.56 Å². The lowest BCUT2D eigenvalue weighted by Crippen LogP contribution is -2.36. The van der Waals surface area contributed by atoms with Crippen LogP contribution in [0.3, 0.4) is 0 Å². The molecule has 4 rings (SSSR count). The van der Waals surface area contributed by atoms with Crippen molar-refractivity contribution in [2.75, 3.05) is 18.4 Å². The van der Waals surface area contributed by atoms with Crippen molar-refractivity contribution in [1.82, 2.24) is 9.88 Å². The summed E-state index contributed by atoms with van der Waals surface area (Å²) in [6.45, 7) is 3.59. The number of carbonyl (C=O) groups excluding carboxylic acids is 1. The molecule has 1 aromatic carbocycles. The maximum absolute atomic E-state index is 12.4. The van der Waals surface area contributed by atoms with Crippen LogP contribution in [0.2, 0.25) is 0 Å². The number of aryl methyl sites for hydroxylation is 1. The van der Waals surface area contributed by atoms with Crippen molar-refractivity contribution in [1.29, 1.82) is 0 Å². The molecule has 0 bridgehead atoms. The van der Waals surface area contributed by atoms with Crippen LogP contribution in [-0.2, 0) is 0 Å². The molecular formula is C18H16N4O. The Labute approximate surface area is 134 Å². The van der Waals surface area contributed by atoms with Crippen LogP contribution >= 0.6 is 0 Å². The van der Waals surface area contributed by atoms with Crippen LogP contribution in [0.5, 0.6) is 0 Å². The fourth-order valence-corrected chi connectivity index (χ4v) is 2.90. The van der Waals surface area contributed by atoms with E-state index in [9.17, 15) is 4.79 Å². The Kier molecular flexibility index (Phi) is 3.19. The van der Waals surface area contributed by atoms with E-state index < -0.39 is 0 Å². The number of aromatic nitrogens is 1. The van der Waals surface area contributed by atoms with E-state index in [1.165, 1.54) is 5.56 Å². The molecule has 114 valence electrons. The minimum Gasteiger partial charge on any atom is -0.341 e. The summed E-state index contributed by atoms with van der Waals surface area (Å²) in [5.74, 6) is 1.64. The number of amidine groups is 1. The number of hydrogen-bond donors (Lipinski definition) is 1. The van der Waals surface area contributed by atoms with Gasteiger partial charge in [0.15, 0.2) is 5.78 Å². The molecule has 0 atom stereocenters. The number of allylic oxidation sites excluding steroid dienone is 1. The average Bonchev–Trinajstić information content (AvgIpc) is 3.06. The Morgan fingerprint density at radius 2 is 2.26 bits per heavy atom. The van der Waals surface area contributed by atoms with Crippen molar-refractivity contribution in [3.8, 4) is 0 Å². The number of nitrogens with one attached hydrogen (secondary N) is 1. The SMILES string of the molecule is Cc1ccc2c(c1)C1=NCCN1C(=CC(=O)c1cccnc1)N2. The van der Waals surface area contributed by atoms with Gasteiger partial charge in [-0.3, -0.25) is 14.8 Å². The van der Waals surface area contributed by atoms with Gasteiger partial charge >= 0.3 is 0 Å². The number of hydrogen-bond acceptors (Lipinski definition) is 5. The average molecular weight is 304 g/mol. The number of nitrogens with zero attached hydrogens (tertiary/aromatic N) is 3. The second-order valence-electron chi connectivity index (χ2n) is 5.67. The summed E-state index contributed by atoms with van der Waals surface area (Å²) in [6, 6.07) is 9.74. The molecule has 23 heavy (non-hydrogen) atoms. The molecule has 5 heteroatoms. The van der Waals surface area contributed by atoms with E-state index >= 15 is 0 Å². The second kappa shape index (κ2) is 5.35. The number of fused-ring (bicyclic) bond motifs is 3. The Bertz CT molecular complexity index is 839. The molecule has 0 amide bonds. The third kappa shape index (κ3) is 2.40. The third-order valence-electron chi connectivity index (χ3n) is 4.02. The van der Waals surface area contributed by atoms with Crippen LogP contribution < -0.4 is 5.32 Å². The number of carbonyl (C=O) groups is 1. The minimum atomic E-state index is -0.0672. The summed E-state index contributed by atoms with van der Waals surface area (Å²) < 4.78 is 0. The summed E-state index contributed by atoms with van der Waals surface area (Å²) in [7, 11) is 0. The summed E-state index contributed by atoms with van der Waals surface area (Å²) in [5, 5.41) is 3.36. The first-order valence-corrected chi connectivity index (χ1v) is 7.58. The predicted octanol–water partition coefficient (Wildman–Crippen LogP) is 2.60. The summed E-state index contributed by atoms with van der Waals surface area (Å²) in [6.07, 6.45) is 4.87. The van der Waals surface area contributed by atoms with Gasteiger partial charge in [0.05, 0.1) is 12.2 Å². The number of rotatable bonds is 2. The summed E-state index contributed by atoms with van der Waals surface area (Å²) in [5.41, 5.74) is 3.85. The molecule has 1 aromatic heterocycles. The van der Waals surface area contributed by atoms with E-state index in [2.05, 4.69) is 39.2 Å². The molecule has 0 spiro atoms. The lowest BCUT2D eigenvalue weighted by atomic mass is 10.0. The van der Waals surface area contributed by atoms with Gasteiger partial charge in [-0.1, -0.05) is 11.6 Å². The molecule has 1 N–H and O–H groups in total.